The molecular weight excluding hydrogens is 562 g/mol. The van der Waals surface area contributed by atoms with Gasteiger partial charge in [0.1, 0.15) is 11.4 Å². The van der Waals surface area contributed by atoms with Gasteiger partial charge in [0.2, 0.25) is 0 Å². The van der Waals surface area contributed by atoms with Gasteiger partial charge >= 0.3 is 0 Å². The lowest BCUT2D eigenvalue weighted by molar-refractivity contribution is -0.0784. The molecule has 7 nitrogen and oxygen atoms in total. The number of aromatic nitrogens is 2. The van der Waals surface area contributed by atoms with Crippen LogP contribution in [0.2, 0.25) is 0 Å². The van der Waals surface area contributed by atoms with Crippen molar-refractivity contribution in [2.45, 2.75) is 18.6 Å². The maximum absolute atomic E-state index is 14.6. The van der Waals surface area contributed by atoms with Gasteiger partial charge in [0, 0.05) is 29.1 Å². The molecule has 1 aliphatic heterocycles. The van der Waals surface area contributed by atoms with Gasteiger partial charge in [-0.05, 0) is 65.9 Å². The van der Waals surface area contributed by atoms with Crippen LogP contribution in [0.15, 0.2) is 49.1 Å². The van der Waals surface area contributed by atoms with Crippen molar-refractivity contribution in [1.82, 2.24) is 19.8 Å². The molecule has 3 N–H and O–H groups in total. The molecule has 1 saturated heterocycles. The summed E-state index contributed by atoms with van der Waals surface area (Å²) in [6.45, 7) is 1.83. The Balaban J connectivity index is 1.37. The number of nitrogens with one attached hydrogen (secondary N) is 2. The number of anilines is 2. The van der Waals surface area contributed by atoms with E-state index in [0.717, 1.165) is 25.1 Å². The minimum Gasteiger partial charge on any atom is -0.385 e. The number of hydrogen-bond donors (Lipinski definition) is 3. The molecule has 4 rings (SSSR count). The Labute approximate surface area is 208 Å². The Hall–Kier alpha value is -2.64. The molecule has 1 aromatic heterocycles. The van der Waals surface area contributed by atoms with E-state index < -0.39 is 34.6 Å². The molecule has 0 atom stereocenters. The summed E-state index contributed by atoms with van der Waals surface area (Å²) in [5.74, 6) is -3.69. The van der Waals surface area contributed by atoms with E-state index in [1.165, 1.54) is 17.0 Å². The van der Waals surface area contributed by atoms with Gasteiger partial charge in [-0.15, -0.1) is 0 Å². The molecule has 34 heavy (non-hydrogen) atoms. The van der Waals surface area contributed by atoms with E-state index in [2.05, 4.69) is 15.6 Å². The number of aliphatic hydroxyl groups is 1. The Morgan fingerprint density at radius 2 is 1.97 bits per heavy atom. The van der Waals surface area contributed by atoms with Crippen LogP contribution in [0.3, 0.4) is 0 Å². The number of carbonyl (C=O) groups excluding carboxylic acids is 1. The van der Waals surface area contributed by atoms with Crippen LogP contribution in [-0.4, -0.2) is 57.2 Å². The third-order valence-corrected chi connectivity index (χ3v) is 6.23. The van der Waals surface area contributed by atoms with Crippen LogP contribution >= 0.6 is 22.6 Å². The summed E-state index contributed by atoms with van der Waals surface area (Å²) in [6, 6.07) is 6.23. The van der Waals surface area contributed by atoms with Gasteiger partial charge in [0.25, 0.3) is 5.91 Å². The molecule has 0 unspecified atom stereocenters. The van der Waals surface area contributed by atoms with Gasteiger partial charge in [0.15, 0.2) is 11.6 Å². The van der Waals surface area contributed by atoms with Crippen LogP contribution in [0, 0.1) is 21.0 Å². The first-order valence-corrected chi connectivity index (χ1v) is 11.7. The number of amides is 1. The van der Waals surface area contributed by atoms with Crippen LogP contribution in [0.4, 0.5) is 24.5 Å². The van der Waals surface area contributed by atoms with Gasteiger partial charge in [-0.1, -0.05) is 0 Å². The maximum atomic E-state index is 14.6. The number of hydrogen-bond acceptors (Lipinski definition) is 5. The lowest BCUT2D eigenvalue weighted by Crippen LogP contribution is -2.67. The highest BCUT2D eigenvalue weighted by Gasteiger charge is 2.44. The lowest BCUT2D eigenvalue weighted by Gasteiger charge is -2.46. The SMILES string of the molecule is O=C(c1ccc(F)c(F)c1Nc1ccc(I)cc1F)N1CC(O)(CNCCCn2ccnc2)C1. The van der Waals surface area contributed by atoms with E-state index in [4.69, 9.17) is 0 Å². The smallest absolute Gasteiger partial charge is 0.256 e. The summed E-state index contributed by atoms with van der Waals surface area (Å²) in [5, 5.41) is 16.3. The molecule has 0 radical (unpaired) electrons. The van der Waals surface area contributed by atoms with Crippen molar-refractivity contribution in [3.63, 3.8) is 0 Å². The number of likely N-dealkylation sites (tertiary alicyclic amines) is 1. The van der Waals surface area contributed by atoms with Crippen LogP contribution < -0.4 is 10.6 Å². The highest BCUT2D eigenvalue weighted by molar-refractivity contribution is 14.1. The average molecular weight is 585 g/mol. The average Bonchev–Trinajstić information content (AvgIpc) is 3.30. The number of carbonyl (C=O) groups is 1. The zero-order valence-electron chi connectivity index (χ0n) is 18.1. The Morgan fingerprint density at radius 1 is 1.18 bits per heavy atom. The van der Waals surface area contributed by atoms with Crippen molar-refractivity contribution in [1.29, 1.82) is 0 Å². The maximum Gasteiger partial charge on any atom is 0.256 e. The second-order valence-electron chi connectivity index (χ2n) is 8.25. The van der Waals surface area contributed by atoms with Gasteiger partial charge in [-0.2, -0.15) is 0 Å². The third kappa shape index (κ3) is 5.53. The minimum absolute atomic E-state index is 0.0384. The monoisotopic (exact) mass is 585 g/mol. The predicted octanol–water partition coefficient (Wildman–Crippen LogP) is 3.52. The topological polar surface area (TPSA) is 82.4 Å². The van der Waals surface area contributed by atoms with Gasteiger partial charge in [-0.25, -0.2) is 18.2 Å². The molecule has 0 spiro atoms. The molecule has 3 aromatic rings. The van der Waals surface area contributed by atoms with Crippen molar-refractivity contribution in [2.24, 2.45) is 0 Å². The quantitative estimate of drug-likeness (QED) is 0.265. The van der Waals surface area contributed by atoms with Crippen molar-refractivity contribution >= 4 is 39.9 Å². The molecule has 2 heterocycles. The van der Waals surface area contributed by atoms with E-state index in [9.17, 15) is 23.1 Å². The molecule has 180 valence electrons. The zero-order chi connectivity index (χ0) is 24.3. The summed E-state index contributed by atoms with van der Waals surface area (Å²) in [7, 11) is 0. The first-order chi connectivity index (χ1) is 16.3. The molecule has 1 fully saturated rings. The van der Waals surface area contributed by atoms with Crippen LogP contribution in [0.25, 0.3) is 0 Å². The van der Waals surface area contributed by atoms with E-state index in [0.29, 0.717) is 10.1 Å². The number of halogens is 4. The molecule has 0 aliphatic carbocycles. The molecule has 2 aromatic carbocycles. The van der Waals surface area contributed by atoms with Gasteiger partial charge in [0.05, 0.1) is 36.4 Å². The fourth-order valence-electron chi connectivity index (χ4n) is 3.79. The normalized spacial score (nSPS) is 14.7. The first kappa shape index (κ1) is 24.5. The molecule has 1 amide bonds. The number of imidazole rings is 1. The Kier molecular flexibility index (Phi) is 7.43. The zero-order valence-corrected chi connectivity index (χ0v) is 20.2. The van der Waals surface area contributed by atoms with Gasteiger partial charge < -0.3 is 25.2 Å². The molecule has 11 heteroatoms. The summed E-state index contributed by atoms with van der Waals surface area (Å²) < 4.78 is 45.4. The number of aryl methyl sites for hydroxylation is 1. The molecular formula is C23H23F3IN5O2. The minimum atomic E-state index is -1.28. The van der Waals surface area contributed by atoms with E-state index in [1.54, 1.807) is 18.6 Å². The summed E-state index contributed by atoms with van der Waals surface area (Å²) in [4.78, 5) is 18.3. The molecule has 1 aliphatic rings. The first-order valence-electron chi connectivity index (χ1n) is 10.6. The summed E-state index contributed by atoms with van der Waals surface area (Å²) >= 11 is 1.93. The Morgan fingerprint density at radius 3 is 2.68 bits per heavy atom. The number of nitrogens with zero attached hydrogens (tertiary/aromatic N) is 3. The second kappa shape index (κ2) is 10.3. The fraction of sp³-hybridized carbons (Fsp3) is 0.304. The highest BCUT2D eigenvalue weighted by Crippen LogP contribution is 2.31. The molecule has 0 bridgehead atoms. The van der Waals surface area contributed by atoms with Crippen LogP contribution in [-0.2, 0) is 6.54 Å². The Bertz CT molecular complexity index is 1170. The largest absolute Gasteiger partial charge is 0.385 e. The van der Waals surface area contributed by atoms with E-state index in [1.807, 2.05) is 33.4 Å². The third-order valence-electron chi connectivity index (χ3n) is 5.56. The number of rotatable bonds is 9. The van der Waals surface area contributed by atoms with E-state index in [-0.39, 0.29) is 30.9 Å². The summed E-state index contributed by atoms with van der Waals surface area (Å²) in [5.41, 5.74) is -1.79. The predicted molar refractivity (Wildman–Crippen MR) is 129 cm³/mol. The van der Waals surface area contributed by atoms with Crippen LogP contribution in [0.1, 0.15) is 16.8 Å². The second-order valence-corrected chi connectivity index (χ2v) is 9.50. The van der Waals surface area contributed by atoms with Crippen molar-refractivity contribution in [3.05, 3.63) is 75.6 Å². The van der Waals surface area contributed by atoms with Crippen molar-refractivity contribution in [2.75, 3.05) is 31.5 Å². The highest BCUT2D eigenvalue weighted by atomic mass is 127. The number of β-amino-alcohol motifs (C(OH)–C–C–N with tert-alkyl or cyclic N) is 1. The van der Waals surface area contributed by atoms with Gasteiger partial charge in [-0.3, -0.25) is 4.79 Å². The lowest BCUT2D eigenvalue weighted by atomic mass is 9.92. The standard InChI is InChI=1S/C23H23F3IN5O2/c24-17-4-3-16(21(20(17)26)30-19-5-2-15(27)10-18(19)25)22(33)32-12-23(34,13-32)11-28-6-1-8-31-9-7-29-14-31/h2-5,7,9-10,14,28,30,34H,1,6,8,11-13H2. The van der Waals surface area contributed by atoms with E-state index >= 15 is 0 Å². The number of benzene rings is 2. The summed E-state index contributed by atoms with van der Waals surface area (Å²) in [6.07, 6.45) is 6.16. The fourth-order valence-corrected chi connectivity index (χ4v) is 4.25. The molecule has 0 saturated carbocycles. The van der Waals surface area contributed by atoms with Crippen molar-refractivity contribution < 1.29 is 23.1 Å². The van der Waals surface area contributed by atoms with Crippen LogP contribution in [0.5, 0.6) is 0 Å². The van der Waals surface area contributed by atoms with Crippen molar-refractivity contribution in [3.8, 4) is 0 Å².